The van der Waals surface area contributed by atoms with E-state index in [1.165, 1.54) is 18.2 Å². The second-order valence-corrected chi connectivity index (χ2v) is 5.06. The van der Waals surface area contributed by atoms with Gasteiger partial charge >= 0.3 is 5.97 Å². The van der Waals surface area contributed by atoms with Crippen LogP contribution < -0.4 is 5.32 Å². The van der Waals surface area contributed by atoms with Crippen LogP contribution in [0.2, 0.25) is 0 Å². The number of carbonyl (C=O) groups is 1. The van der Waals surface area contributed by atoms with E-state index >= 15 is 0 Å². The van der Waals surface area contributed by atoms with Crippen LogP contribution in [0.15, 0.2) is 36.4 Å². The molecule has 104 valence electrons. The summed E-state index contributed by atoms with van der Waals surface area (Å²) in [4.78, 5) is 14.5. The molecule has 0 bridgehead atoms. The van der Waals surface area contributed by atoms with Gasteiger partial charge in [0.25, 0.3) is 0 Å². The van der Waals surface area contributed by atoms with E-state index in [9.17, 15) is 4.79 Å². The van der Waals surface area contributed by atoms with Crippen molar-refractivity contribution in [2.75, 3.05) is 7.11 Å². The van der Waals surface area contributed by atoms with Crippen molar-refractivity contribution < 1.29 is 9.53 Å². The molecule has 4 heteroatoms. The Bertz CT molecular complexity index is 618. The van der Waals surface area contributed by atoms with Crippen LogP contribution in [0.4, 0.5) is 0 Å². The van der Waals surface area contributed by atoms with Crippen LogP contribution in [0, 0.1) is 0 Å². The van der Waals surface area contributed by atoms with Crippen LogP contribution in [0.3, 0.4) is 0 Å². The first-order valence-corrected chi connectivity index (χ1v) is 6.85. The molecule has 4 nitrogen and oxygen atoms in total. The van der Waals surface area contributed by atoms with E-state index in [2.05, 4.69) is 39.3 Å². The van der Waals surface area contributed by atoms with Gasteiger partial charge in [0.05, 0.1) is 7.11 Å². The summed E-state index contributed by atoms with van der Waals surface area (Å²) in [7, 11) is 1.39. The molecule has 0 radical (unpaired) electrons. The topological polar surface area (TPSA) is 54.1 Å². The summed E-state index contributed by atoms with van der Waals surface area (Å²) in [6.45, 7) is 0.718. The Morgan fingerprint density at radius 2 is 2.20 bits per heavy atom. The molecule has 20 heavy (non-hydrogen) atoms. The number of hydrogen-bond acceptors (Lipinski definition) is 3. The second kappa shape index (κ2) is 5.51. The summed E-state index contributed by atoms with van der Waals surface area (Å²) in [6.07, 6.45) is 2.26. The third-order valence-electron chi connectivity index (χ3n) is 3.82. The van der Waals surface area contributed by atoms with Gasteiger partial charge in [-0.15, -0.1) is 0 Å². The highest BCUT2D eigenvalue weighted by Gasteiger charge is 2.21. The number of ether oxygens (including phenoxy) is 1. The zero-order valence-corrected chi connectivity index (χ0v) is 11.5. The fraction of sp³-hybridized carbons (Fsp3) is 0.312. The number of aromatic nitrogens is 1. The second-order valence-electron chi connectivity index (χ2n) is 5.06. The van der Waals surface area contributed by atoms with Crippen molar-refractivity contribution in [1.29, 1.82) is 0 Å². The molecule has 0 fully saturated rings. The molecule has 1 heterocycles. The molecule has 1 atom stereocenters. The lowest BCUT2D eigenvalue weighted by Gasteiger charge is -2.13. The molecule has 1 aliphatic rings. The van der Waals surface area contributed by atoms with E-state index in [1.54, 1.807) is 6.07 Å². The minimum Gasteiger partial charge on any atom is -0.464 e. The monoisotopic (exact) mass is 270 g/mol. The van der Waals surface area contributed by atoms with Gasteiger partial charge in [0, 0.05) is 18.3 Å². The van der Waals surface area contributed by atoms with Crippen molar-refractivity contribution in [2.45, 2.75) is 25.4 Å². The van der Waals surface area contributed by atoms with Gasteiger partial charge in [-0.25, -0.2) is 4.79 Å². The Kier molecular flexibility index (Phi) is 3.56. The maximum Gasteiger partial charge on any atom is 0.354 e. The Balaban J connectivity index is 1.63. The van der Waals surface area contributed by atoms with E-state index in [-0.39, 0.29) is 5.97 Å². The van der Waals surface area contributed by atoms with E-state index in [4.69, 9.17) is 0 Å². The van der Waals surface area contributed by atoms with Gasteiger partial charge in [-0.3, -0.25) is 0 Å². The lowest BCUT2D eigenvalue weighted by atomic mass is 10.1. The van der Waals surface area contributed by atoms with Crippen LogP contribution >= 0.6 is 0 Å². The predicted octanol–water partition coefficient (Wildman–Crippen LogP) is 2.58. The van der Waals surface area contributed by atoms with Crippen molar-refractivity contribution in [3.63, 3.8) is 0 Å². The number of benzene rings is 1. The molecule has 3 rings (SSSR count). The first-order valence-electron chi connectivity index (χ1n) is 6.85. The highest BCUT2D eigenvalue weighted by molar-refractivity contribution is 5.87. The third-order valence-corrected chi connectivity index (χ3v) is 3.82. The molecule has 1 aliphatic carbocycles. The van der Waals surface area contributed by atoms with Crippen LogP contribution in [0.5, 0.6) is 0 Å². The normalized spacial score (nSPS) is 16.9. The Morgan fingerprint density at radius 3 is 3.05 bits per heavy atom. The number of aryl methyl sites for hydroxylation is 1. The number of methoxy groups -OCH3 is 1. The maximum atomic E-state index is 11.4. The number of nitrogens with one attached hydrogen (secondary N) is 2. The van der Waals surface area contributed by atoms with Gasteiger partial charge < -0.3 is 15.0 Å². The van der Waals surface area contributed by atoms with E-state index in [0.717, 1.165) is 25.1 Å². The number of esters is 1. The summed E-state index contributed by atoms with van der Waals surface area (Å²) in [5.74, 6) is -0.331. The SMILES string of the molecule is COC(=O)c1ccc(CNC2CCc3ccccc32)[nH]1. The van der Waals surface area contributed by atoms with Gasteiger partial charge in [-0.1, -0.05) is 24.3 Å². The standard InChI is InChI=1S/C16H18N2O2/c1-20-16(19)15-9-7-12(18-15)10-17-14-8-6-11-4-2-3-5-13(11)14/h2-5,7,9,14,17-18H,6,8,10H2,1H3. The molecule has 2 aromatic rings. The summed E-state index contributed by atoms with van der Waals surface area (Å²) in [5, 5.41) is 3.54. The smallest absolute Gasteiger partial charge is 0.354 e. The van der Waals surface area contributed by atoms with Gasteiger partial charge in [0.15, 0.2) is 0 Å². The van der Waals surface area contributed by atoms with Crippen molar-refractivity contribution in [3.05, 3.63) is 58.9 Å². The number of hydrogen-bond donors (Lipinski definition) is 2. The number of fused-ring (bicyclic) bond motifs is 1. The first kappa shape index (κ1) is 12.9. The Hall–Kier alpha value is -2.07. The van der Waals surface area contributed by atoms with Crippen LogP contribution in [-0.4, -0.2) is 18.1 Å². The zero-order chi connectivity index (χ0) is 13.9. The molecule has 1 aromatic carbocycles. The quantitative estimate of drug-likeness (QED) is 0.840. The molecular weight excluding hydrogens is 252 g/mol. The van der Waals surface area contributed by atoms with Crippen molar-refractivity contribution >= 4 is 5.97 Å². The number of rotatable bonds is 4. The average molecular weight is 270 g/mol. The van der Waals surface area contributed by atoms with E-state index < -0.39 is 0 Å². The first-order chi connectivity index (χ1) is 9.78. The molecule has 0 saturated heterocycles. The Morgan fingerprint density at radius 1 is 1.35 bits per heavy atom. The molecule has 0 amide bonds. The largest absolute Gasteiger partial charge is 0.464 e. The van der Waals surface area contributed by atoms with Crippen molar-refractivity contribution in [3.8, 4) is 0 Å². The lowest BCUT2D eigenvalue weighted by molar-refractivity contribution is 0.0594. The highest BCUT2D eigenvalue weighted by Crippen LogP contribution is 2.30. The predicted molar refractivity (Wildman–Crippen MR) is 76.5 cm³/mol. The summed E-state index contributed by atoms with van der Waals surface area (Å²) < 4.78 is 4.68. The highest BCUT2D eigenvalue weighted by atomic mass is 16.5. The fourth-order valence-electron chi connectivity index (χ4n) is 2.77. The molecule has 0 spiro atoms. The zero-order valence-electron chi connectivity index (χ0n) is 11.5. The fourth-order valence-corrected chi connectivity index (χ4v) is 2.77. The van der Waals surface area contributed by atoms with Gasteiger partial charge in [-0.2, -0.15) is 0 Å². The van der Waals surface area contributed by atoms with Crippen molar-refractivity contribution in [1.82, 2.24) is 10.3 Å². The minimum absolute atomic E-state index is 0.331. The van der Waals surface area contributed by atoms with Crippen LogP contribution in [0.25, 0.3) is 0 Å². The molecule has 1 unspecified atom stereocenters. The van der Waals surface area contributed by atoms with E-state index in [0.29, 0.717) is 11.7 Å². The number of H-pyrrole nitrogens is 1. The van der Waals surface area contributed by atoms with Crippen molar-refractivity contribution in [2.24, 2.45) is 0 Å². The molecular formula is C16H18N2O2. The summed E-state index contributed by atoms with van der Waals surface area (Å²) >= 11 is 0. The average Bonchev–Trinajstić information content (AvgIpc) is 3.11. The third kappa shape index (κ3) is 2.47. The lowest BCUT2D eigenvalue weighted by Crippen LogP contribution is -2.19. The maximum absolute atomic E-state index is 11.4. The molecule has 1 aromatic heterocycles. The minimum atomic E-state index is -0.331. The van der Waals surface area contributed by atoms with Gasteiger partial charge in [0.1, 0.15) is 5.69 Å². The number of carbonyl (C=O) groups excluding carboxylic acids is 1. The summed E-state index contributed by atoms with van der Waals surface area (Å²) in [6, 6.07) is 12.6. The van der Waals surface area contributed by atoms with Gasteiger partial charge in [0.2, 0.25) is 0 Å². The molecule has 0 aliphatic heterocycles. The summed E-state index contributed by atoms with van der Waals surface area (Å²) in [5.41, 5.74) is 4.32. The van der Waals surface area contributed by atoms with Crippen LogP contribution in [0.1, 0.15) is 39.8 Å². The molecule has 0 saturated carbocycles. The van der Waals surface area contributed by atoms with Gasteiger partial charge in [-0.05, 0) is 36.1 Å². The van der Waals surface area contributed by atoms with E-state index in [1.807, 2.05) is 6.07 Å². The Labute approximate surface area is 118 Å². The van der Waals surface area contributed by atoms with Crippen LogP contribution in [-0.2, 0) is 17.7 Å². The number of aromatic amines is 1. The molecule has 2 N–H and O–H groups in total.